The average Bonchev–Trinajstić information content (AvgIpc) is 3.08. The third-order valence-electron chi connectivity index (χ3n) is 4.38. The normalized spacial score (nSPS) is 18.5. The highest BCUT2D eigenvalue weighted by Gasteiger charge is 2.22. The zero-order chi connectivity index (χ0) is 15.6. The van der Waals surface area contributed by atoms with Gasteiger partial charge in [0.05, 0.1) is 24.8 Å². The Morgan fingerprint density at radius 2 is 2.17 bits per heavy atom. The van der Waals surface area contributed by atoms with Crippen LogP contribution in [0.1, 0.15) is 5.56 Å². The number of benzene rings is 1. The number of hydrogen-bond donors (Lipinski definition) is 0. The van der Waals surface area contributed by atoms with E-state index in [0.29, 0.717) is 0 Å². The molecule has 1 atom stereocenters. The van der Waals surface area contributed by atoms with E-state index in [4.69, 9.17) is 4.74 Å². The lowest BCUT2D eigenvalue weighted by atomic mass is 10.1. The molecule has 23 heavy (non-hydrogen) atoms. The van der Waals surface area contributed by atoms with Crippen LogP contribution in [0.15, 0.2) is 48.9 Å². The zero-order valence-corrected chi connectivity index (χ0v) is 13.2. The Morgan fingerprint density at radius 3 is 3.04 bits per heavy atom. The SMILES string of the molecule is Cc1cccc2c(N3CCOC(Cn4cccn4)C3)ccnc12. The molecule has 0 aliphatic carbocycles. The summed E-state index contributed by atoms with van der Waals surface area (Å²) < 4.78 is 7.85. The summed E-state index contributed by atoms with van der Waals surface area (Å²) in [5, 5.41) is 5.49. The van der Waals surface area contributed by atoms with Gasteiger partial charge in [-0.3, -0.25) is 9.67 Å². The van der Waals surface area contributed by atoms with E-state index in [-0.39, 0.29) is 6.10 Å². The van der Waals surface area contributed by atoms with E-state index in [1.807, 2.05) is 23.1 Å². The summed E-state index contributed by atoms with van der Waals surface area (Å²) in [5.41, 5.74) is 3.54. The number of fused-ring (bicyclic) bond motifs is 1. The van der Waals surface area contributed by atoms with Crippen molar-refractivity contribution in [2.24, 2.45) is 0 Å². The van der Waals surface area contributed by atoms with E-state index in [2.05, 4.69) is 46.2 Å². The van der Waals surface area contributed by atoms with Crippen LogP contribution in [0.4, 0.5) is 5.69 Å². The summed E-state index contributed by atoms with van der Waals surface area (Å²) in [4.78, 5) is 6.95. The Balaban J connectivity index is 1.61. The minimum atomic E-state index is 0.150. The molecule has 0 radical (unpaired) electrons. The first-order valence-electron chi connectivity index (χ1n) is 7.99. The van der Waals surface area contributed by atoms with Gasteiger partial charge in [0.2, 0.25) is 0 Å². The van der Waals surface area contributed by atoms with Gasteiger partial charge in [-0.1, -0.05) is 18.2 Å². The van der Waals surface area contributed by atoms with Gasteiger partial charge in [-0.05, 0) is 24.6 Å². The van der Waals surface area contributed by atoms with Crippen molar-refractivity contribution in [1.29, 1.82) is 0 Å². The molecule has 1 fully saturated rings. The molecule has 0 spiro atoms. The molecule has 4 rings (SSSR count). The van der Waals surface area contributed by atoms with Gasteiger partial charge in [0.1, 0.15) is 0 Å². The lowest BCUT2D eigenvalue weighted by molar-refractivity contribution is 0.0275. The van der Waals surface area contributed by atoms with Crippen LogP contribution in [-0.2, 0) is 11.3 Å². The Bertz CT molecular complexity index is 800. The fraction of sp³-hybridized carbons (Fsp3) is 0.333. The monoisotopic (exact) mass is 308 g/mol. The molecular weight excluding hydrogens is 288 g/mol. The molecule has 1 aliphatic rings. The van der Waals surface area contributed by atoms with E-state index >= 15 is 0 Å². The van der Waals surface area contributed by atoms with Crippen molar-refractivity contribution in [3.05, 3.63) is 54.5 Å². The van der Waals surface area contributed by atoms with Crippen molar-refractivity contribution in [3.8, 4) is 0 Å². The molecule has 5 heteroatoms. The van der Waals surface area contributed by atoms with Crippen molar-refractivity contribution in [1.82, 2.24) is 14.8 Å². The quantitative estimate of drug-likeness (QED) is 0.746. The van der Waals surface area contributed by atoms with Crippen molar-refractivity contribution in [3.63, 3.8) is 0 Å². The molecule has 5 nitrogen and oxygen atoms in total. The van der Waals surface area contributed by atoms with Crippen LogP contribution in [0.5, 0.6) is 0 Å². The average molecular weight is 308 g/mol. The van der Waals surface area contributed by atoms with Crippen molar-refractivity contribution in [2.75, 3.05) is 24.6 Å². The summed E-state index contributed by atoms with van der Waals surface area (Å²) in [5.74, 6) is 0. The van der Waals surface area contributed by atoms with Crippen LogP contribution in [-0.4, -0.2) is 40.6 Å². The number of aryl methyl sites for hydroxylation is 1. The minimum Gasteiger partial charge on any atom is -0.373 e. The van der Waals surface area contributed by atoms with Crippen LogP contribution in [0.3, 0.4) is 0 Å². The first-order chi connectivity index (χ1) is 11.3. The third-order valence-corrected chi connectivity index (χ3v) is 4.38. The van der Waals surface area contributed by atoms with E-state index in [1.54, 1.807) is 6.20 Å². The molecule has 1 saturated heterocycles. The number of hydrogen-bond acceptors (Lipinski definition) is 4. The van der Waals surface area contributed by atoms with Gasteiger partial charge >= 0.3 is 0 Å². The Hall–Kier alpha value is -2.40. The second kappa shape index (κ2) is 6.01. The molecule has 3 heterocycles. The summed E-state index contributed by atoms with van der Waals surface area (Å²) >= 11 is 0. The van der Waals surface area contributed by atoms with Crippen LogP contribution >= 0.6 is 0 Å². The highest BCUT2D eigenvalue weighted by atomic mass is 16.5. The Labute approximate surface area is 135 Å². The molecular formula is C18H20N4O. The number of aromatic nitrogens is 3. The van der Waals surface area contributed by atoms with Gasteiger partial charge in [-0.15, -0.1) is 0 Å². The number of pyridine rings is 1. The van der Waals surface area contributed by atoms with Gasteiger partial charge in [-0.25, -0.2) is 0 Å². The van der Waals surface area contributed by atoms with Gasteiger partial charge in [0, 0.05) is 42.8 Å². The van der Waals surface area contributed by atoms with Crippen LogP contribution in [0.2, 0.25) is 0 Å². The Kier molecular flexibility index (Phi) is 3.71. The number of anilines is 1. The molecule has 0 bridgehead atoms. The van der Waals surface area contributed by atoms with Crippen LogP contribution in [0, 0.1) is 6.92 Å². The van der Waals surface area contributed by atoms with E-state index < -0.39 is 0 Å². The smallest absolute Gasteiger partial charge is 0.0946 e. The number of rotatable bonds is 3. The molecule has 3 aromatic rings. The fourth-order valence-corrected chi connectivity index (χ4v) is 3.25. The van der Waals surface area contributed by atoms with E-state index in [1.165, 1.54) is 16.6 Å². The van der Waals surface area contributed by atoms with Crippen LogP contribution < -0.4 is 4.90 Å². The minimum absolute atomic E-state index is 0.150. The van der Waals surface area contributed by atoms with Crippen molar-refractivity contribution >= 4 is 16.6 Å². The number of para-hydroxylation sites is 1. The summed E-state index contributed by atoms with van der Waals surface area (Å²) in [6.07, 6.45) is 5.84. The van der Waals surface area contributed by atoms with Gasteiger partial charge < -0.3 is 9.64 Å². The largest absolute Gasteiger partial charge is 0.373 e. The van der Waals surface area contributed by atoms with Gasteiger partial charge in [0.25, 0.3) is 0 Å². The predicted molar refractivity (Wildman–Crippen MR) is 90.7 cm³/mol. The topological polar surface area (TPSA) is 43.2 Å². The lowest BCUT2D eigenvalue weighted by Crippen LogP contribution is -2.44. The highest BCUT2D eigenvalue weighted by Crippen LogP contribution is 2.28. The molecule has 1 aliphatic heterocycles. The van der Waals surface area contributed by atoms with Crippen molar-refractivity contribution in [2.45, 2.75) is 19.6 Å². The molecule has 0 saturated carbocycles. The maximum atomic E-state index is 5.92. The third kappa shape index (κ3) is 2.80. The molecule has 118 valence electrons. The number of nitrogens with zero attached hydrogens (tertiary/aromatic N) is 4. The molecule has 1 unspecified atom stereocenters. The fourth-order valence-electron chi connectivity index (χ4n) is 3.25. The summed E-state index contributed by atoms with van der Waals surface area (Å²) in [6, 6.07) is 10.4. The van der Waals surface area contributed by atoms with Gasteiger partial charge in [0.15, 0.2) is 0 Å². The molecule has 2 aromatic heterocycles. The molecule has 0 amide bonds. The van der Waals surface area contributed by atoms with Crippen LogP contribution in [0.25, 0.3) is 10.9 Å². The number of ether oxygens (including phenoxy) is 1. The summed E-state index contributed by atoms with van der Waals surface area (Å²) in [6.45, 7) is 5.40. The van der Waals surface area contributed by atoms with Gasteiger partial charge in [-0.2, -0.15) is 5.10 Å². The predicted octanol–water partition coefficient (Wildman–Crippen LogP) is 2.65. The lowest BCUT2D eigenvalue weighted by Gasteiger charge is -2.35. The second-order valence-corrected chi connectivity index (χ2v) is 5.97. The standard InChI is InChI=1S/C18H20N4O/c1-14-4-2-5-16-17(6-8-19-18(14)16)21-10-11-23-15(12-21)13-22-9-3-7-20-22/h2-9,15H,10-13H2,1H3. The van der Waals surface area contributed by atoms with Crippen molar-refractivity contribution < 1.29 is 4.74 Å². The first-order valence-corrected chi connectivity index (χ1v) is 7.99. The van der Waals surface area contributed by atoms with E-state index in [9.17, 15) is 0 Å². The summed E-state index contributed by atoms with van der Waals surface area (Å²) in [7, 11) is 0. The second-order valence-electron chi connectivity index (χ2n) is 5.97. The zero-order valence-electron chi connectivity index (χ0n) is 13.2. The highest BCUT2D eigenvalue weighted by molar-refractivity contribution is 5.93. The maximum absolute atomic E-state index is 5.92. The Morgan fingerprint density at radius 1 is 1.22 bits per heavy atom. The molecule has 1 aromatic carbocycles. The number of morpholine rings is 1. The molecule has 0 N–H and O–H groups in total. The van der Waals surface area contributed by atoms with E-state index in [0.717, 1.165) is 31.8 Å². The maximum Gasteiger partial charge on any atom is 0.0946 e. The first kappa shape index (κ1) is 14.2.